The van der Waals surface area contributed by atoms with Crippen LogP contribution in [0.4, 0.5) is 10.1 Å². The fourth-order valence-electron chi connectivity index (χ4n) is 1.63. The van der Waals surface area contributed by atoms with Crippen LogP contribution in [0.5, 0.6) is 0 Å². The van der Waals surface area contributed by atoms with Gasteiger partial charge in [0.2, 0.25) is 0 Å². The number of hydrogen-bond acceptors (Lipinski definition) is 2. The molecule has 6 heteroatoms. The summed E-state index contributed by atoms with van der Waals surface area (Å²) >= 11 is 5.60. The van der Waals surface area contributed by atoms with Crippen molar-refractivity contribution in [2.24, 2.45) is 0 Å². The molecule has 21 heavy (non-hydrogen) atoms. The van der Waals surface area contributed by atoms with Crippen LogP contribution in [0.15, 0.2) is 48.5 Å². The van der Waals surface area contributed by atoms with Crippen molar-refractivity contribution in [2.75, 3.05) is 5.32 Å². The van der Waals surface area contributed by atoms with E-state index in [1.807, 2.05) is 30.3 Å². The largest absolute Gasteiger partial charge is 0.344 e. The number of carbonyl (C=O) groups is 2. The summed E-state index contributed by atoms with van der Waals surface area (Å²) in [5.74, 6) is -2.48. The van der Waals surface area contributed by atoms with E-state index in [0.717, 1.165) is 11.6 Å². The predicted molar refractivity (Wildman–Crippen MR) is 78.3 cm³/mol. The van der Waals surface area contributed by atoms with Gasteiger partial charge in [0.1, 0.15) is 5.82 Å². The molecule has 0 spiro atoms. The standard InChI is InChI=1S/C15H12ClFN2O2/c16-11-6-7-13(12(17)8-11)19-15(21)14(20)18-9-10-4-2-1-3-5-10/h1-8H,9H2,(H,18,20)(H,19,21). The summed E-state index contributed by atoms with van der Waals surface area (Å²) in [6, 6.07) is 12.9. The van der Waals surface area contributed by atoms with Gasteiger partial charge in [-0.3, -0.25) is 9.59 Å². The summed E-state index contributed by atoms with van der Waals surface area (Å²) in [6.45, 7) is 0.218. The second-order valence-corrected chi connectivity index (χ2v) is 4.68. The van der Waals surface area contributed by atoms with Crippen LogP contribution in [0.1, 0.15) is 5.56 Å². The molecule has 0 saturated heterocycles. The third-order valence-electron chi connectivity index (χ3n) is 2.68. The van der Waals surface area contributed by atoms with Crippen LogP contribution in [0.25, 0.3) is 0 Å². The van der Waals surface area contributed by atoms with Crippen molar-refractivity contribution in [1.29, 1.82) is 0 Å². The van der Waals surface area contributed by atoms with E-state index in [0.29, 0.717) is 0 Å². The molecule has 4 nitrogen and oxygen atoms in total. The Bertz CT molecular complexity index is 662. The zero-order valence-electron chi connectivity index (χ0n) is 10.9. The van der Waals surface area contributed by atoms with Gasteiger partial charge in [0, 0.05) is 11.6 Å². The lowest BCUT2D eigenvalue weighted by Crippen LogP contribution is -2.35. The van der Waals surface area contributed by atoms with Crippen LogP contribution in [0, 0.1) is 5.82 Å². The predicted octanol–water partition coefficient (Wildman–Crippen LogP) is 2.73. The maximum absolute atomic E-state index is 13.5. The van der Waals surface area contributed by atoms with Gasteiger partial charge in [0.05, 0.1) is 5.69 Å². The van der Waals surface area contributed by atoms with E-state index >= 15 is 0 Å². The molecule has 0 bridgehead atoms. The molecule has 2 rings (SSSR count). The van der Waals surface area contributed by atoms with Crippen molar-refractivity contribution in [2.45, 2.75) is 6.54 Å². The first-order valence-corrected chi connectivity index (χ1v) is 6.52. The Labute approximate surface area is 125 Å². The maximum Gasteiger partial charge on any atom is 0.313 e. The minimum absolute atomic E-state index is 0.0979. The zero-order valence-corrected chi connectivity index (χ0v) is 11.7. The number of rotatable bonds is 3. The Kier molecular flexibility index (Phi) is 4.90. The molecule has 0 aromatic heterocycles. The molecule has 0 heterocycles. The highest BCUT2D eigenvalue weighted by Crippen LogP contribution is 2.18. The molecule has 0 aliphatic carbocycles. The summed E-state index contributed by atoms with van der Waals surface area (Å²) in [5, 5.41) is 4.85. The van der Waals surface area contributed by atoms with Gasteiger partial charge in [-0.2, -0.15) is 0 Å². The van der Waals surface area contributed by atoms with Crippen LogP contribution < -0.4 is 10.6 Å². The van der Waals surface area contributed by atoms with E-state index < -0.39 is 17.6 Å². The van der Waals surface area contributed by atoms with Crippen LogP contribution in [0.2, 0.25) is 5.02 Å². The molecular formula is C15H12ClFN2O2. The Morgan fingerprint density at radius 3 is 2.43 bits per heavy atom. The lowest BCUT2D eigenvalue weighted by molar-refractivity contribution is -0.136. The summed E-state index contributed by atoms with van der Waals surface area (Å²) in [6.07, 6.45) is 0. The topological polar surface area (TPSA) is 58.2 Å². The van der Waals surface area contributed by atoms with Crippen LogP contribution in [-0.4, -0.2) is 11.8 Å². The van der Waals surface area contributed by atoms with Gasteiger partial charge in [-0.05, 0) is 23.8 Å². The lowest BCUT2D eigenvalue weighted by atomic mass is 10.2. The zero-order chi connectivity index (χ0) is 15.2. The molecule has 0 fully saturated rings. The summed E-state index contributed by atoms with van der Waals surface area (Å²) < 4.78 is 13.5. The molecular weight excluding hydrogens is 295 g/mol. The Morgan fingerprint density at radius 2 is 1.76 bits per heavy atom. The average Bonchev–Trinajstić information content (AvgIpc) is 2.48. The quantitative estimate of drug-likeness (QED) is 0.857. The van der Waals surface area contributed by atoms with Gasteiger partial charge in [0.15, 0.2) is 0 Å². The minimum atomic E-state index is -0.938. The van der Waals surface area contributed by atoms with Gasteiger partial charge in [-0.1, -0.05) is 41.9 Å². The Balaban J connectivity index is 1.92. The first kappa shape index (κ1) is 15.0. The molecule has 0 saturated carbocycles. The van der Waals surface area contributed by atoms with Crippen molar-refractivity contribution in [3.8, 4) is 0 Å². The highest BCUT2D eigenvalue weighted by atomic mass is 35.5. The van der Waals surface area contributed by atoms with Crippen LogP contribution in [0.3, 0.4) is 0 Å². The van der Waals surface area contributed by atoms with E-state index in [1.165, 1.54) is 12.1 Å². The van der Waals surface area contributed by atoms with Crippen molar-refractivity contribution in [3.05, 3.63) is 64.9 Å². The van der Waals surface area contributed by atoms with Gasteiger partial charge in [-0.25, -0.2) is 4.39 Å². The fourth-order valence-corrected chi connectivity index (χ4v) is 1.79. The van der Waals surface area contributed by atoms with Crippen molar-refractivity contribution in [1.82, 2.24) is 5.32 Å². The monoisotopic (exact) mass is 306 g/mol. The number of hydrogen-bond donors (Lipinski definition) is 2. The summed E-state index contributed by atoms with van der Waals surface area (Å²) in [7, 11) is 0. The van der Waals surface area contributed by atoms with E-state index in [2.05, 4.69) is 10.6 Å². The molecule has 2 aromatic rings. The van der Waals surface area contributed by atoms with Crippen LogP contribution >= 0.6 is 11.6 Å². The molecule has 108 valence electrons. The highest BCUT2D eigenvalue weighted by Gasteiger charge is 2.15. The van der Waals surface area contributed by atoms with Gasteiger partial charge < -0.3 is 10.6 Å². The molecule has 0 radical (unpaired) electrons. The first-order valence-electron chi connectivity index (χ1n) is 6.14. The number of halogens is 2. The van der Waals surface area contributed by atoms with Crippen molar-refractivity contribution in [3.63, 3.8) is 0 Å². The molecule has 2 N–H and O–H groups in total. The van der Waals surface area contributed by atoms with Crippen LogP contribution in [-0.2, 0) is 16.1 Å². The number of anilines is 1. The lowest BCUT2D eigenvalue weighted by Gasteiger charge is -2.07. The third-order valence-corrected chi connectivity index (χ3v) is 2.92. The third kappa shape index (κ3) is 4.29. The second kappa shape index (κ2) is 6.85. The second-order valence-electron chi connectivity index (χ2n) is 4.25. The van der Waals surface area contributed by atoms with E-state index in [9.17, 15) is 14.0 Å². The van der Waals surface area contributed by atoms with Gasteiger partial charge in [0.25, 0.3) is 0 Å². The van der Waals surface area contributed by atoms with E-state index in [-0.39, 0.29) is 17.3 Å². The first-order chi connectivity index (χ1) is 10.1. The highest BCUT2D eigenvalue weighted by molar-refractivity contribution is 6.39. The van der Waals surface area contributed by atoms with Gasteiger partial charge >= 0.3 is 11.8 Å². The number of amides is 2. The maximum atomic E-state index is 13.5. The Morgan fingerprint density at radius 1 is 1.05 bits per heavy atom. The molecule has 2 amide bonds. The molecule has 0 atom stereocenters. The van der Waals surface area contributed by atoms with Crippen molar-refractivity contribution >= 4 is 29.1 Å². The average molecular weight is 307 g/mol. The minimum Gasteiger partial charge on any atom is -0.344 e. The summed E-state index contributed by atoms with van der Waals surface area (Å²) in [4.78, 5) is 23.3. The smallest absolute Gasteiger partial charge is 0.313 e. The number of carbonyl (C=O) groups excluding carboxylic acids is 2. The molecule has 0 unspecified atom stereocenters. The van der Waals surface area contributed by atoms with Gasteiger partial charge in [-0.15, -0.1) is 0 Å². The SMILES string of the molecule is O=C(NCc1ccccc1)C(=O)Nc1ccc(Cl)cc1F. The Hall–Kier alpha value is -2.40. The number of nitrogens with one attached hydrogen (secondary N) is 2. The summed E-state index contributed by atoms with van der Waals surface area (Å²) in [5.41, 5.74) is 0.760. The normalized spacial score (nSPS) is 10.0. The molecule has 0 aliphatic heterocycles. The van der Waals surface area contributed by atoms with Crippen molar-refractivity contribution < 1.29 is 14.0 Å². The molecule has 0 aliphatic rings. The molecule has 2 aromatic carbocycles. The van der Waals surface area contributed by atoms with E-state index in [4.69, 9.17) is 11.6 Å². The number of benzene rings is 2. The van der Waals surface area contributed by atoms with E-state index in [1.54, 1.807) is 0 Å². The fraction of sp³-hybridized carbons (Fsp3) is 0.0667.